The lowest BCUT2D eigenvalue weighted by Crippen LogP contribution is -2.43. The molecule has 7 heteroatoms. The summed E-state index contributed by atoms with van der Waals surface area (Å²) in [5.41, 5.74) is 3.01. The fraction of sp³-hybridized carbons (Fsp3) is 0.216. The number of hydrogen-bond donors (Lipinski definition) is 2. The van der Waals surface area contributed by atoms with Crippen molar-refractivity contribution in [3.8, 4) is 0 Å². The Labute approximate surface area is 262 Å². The molecule has 6 nitrogen and oxygen atoms in total. The predicted molar refractivity (Wildman–Crippen MR) is 176 cm³/mol. The maximum absolute atomic E-state index is 13.7. The number of aliphatic carboxylic acids is 2. The number of amides is 1. The topological polar surface area (TPSA) is 94.9 Å². The van der Waals surface area contributed by atoms with Crippen molar-refractivity contribution in [2.45, 2.75) is 38.1 Å². The molecule has 0 spiro atoms. The minimum atomic E-state index is -1.32. The minimum Gasteiger partial charge on any atom is -0.481 e. The molecule has 0 bridgehead atoms. The molecule has 0 radical (unpaired) electrons. The van der Waals surface area contributed by atoms with Crippen molar-refractivity contribution in [2.24, 2.45) is 5.92 Å². The van der Waals surface area contributed by atoms with Crippen LogP contribution in [-0.2, 0) is 14.4 Å². The van der Waals surface area contributed by atoms with Crippen molar-refractivity contribution in [1.29, 1.82) is 0 Å². The lowest BCUT2D eigenvalue weighted by Gasteiger charge is -2.35. The van der Waals surface area contributed by atoms with Crippen molar-refractivity contribution in [3.05, 3.63) is 131 Å². The highest BCUT2D eigenvalue weighted by atomic mass is 35.5. The quantitative estimate of drug-likeness (QED) is 0.150. The third kappa shape index (κ3) is 9.16. The smallest absolute Gasteiger partial charge is 0.307 e. The van der Waals surface area contributed by atoms with Crippen molar-refractivity contribution >= 4 is 52.4 Å². The number of rotatable bonds is 14. The molecule has 0 aromatic heterocycles. The predicted octanol–water partition coefficient (Wildman–Crippen LogP) is 8.18. The van der Waals surface area contributed by atoms with E-state index in [2.05, 4.69) is 42.5 Å². The Morgan fingerprint density at radius 2 is 1.43 bits per heavy atom. The number of carbonyl (C=O) groups excluding carboxylic acids is 1. The zero-order chi connectivity index (χ0) is 31.5. The van der Waals surface area contributed by atoms with Gasteiger partial charge < -0.3 is 15.1 Å². The van der Waals surface area contributed by atoms with Crippen LogP contribution in [0.1, 0.15) is 48.8 Å². The number of hydrogen-bond acceptors (Lipinski definition) is 3. The SMILES string of the molecule is CC(C(C/C=C/c1ccc2ccccc2c1)c1ccc(Cl)cc1)N(C/C=C/c1ccccc1)C(=O)CC(CC(=O)O)C(=O)O. The number of carboxylic acid groups (broad SMARTS) is 2. The second-order valence-corrected chi connectivity index (χ2v) is 11.3. The molecule has 0 aliphatic carbocycles. The Morgan fingerprint density at radius 3 is 2.11 bits per heavy atom. The van der Waals surface area contributed by atoms with Gasteiger partial charge in [0.25, 0.3) is 0 Å². The Kier molecular flexibility index (Phi) is 11.5. The van der Waals surface area contributed by atoms with Gasteiger partial charge >= 0.3 is 11.9 Å². The molecular weight excluding hydrogens is 574 g/mol. The van der Waals surface area contributed by atoms with E-state index in [1.54, 1.807) is 4.90 Å². The van der Waals surface area contributed by atoms with E-state index in [1.807, 2.05) is 85.8 Å². The zero-order valence-corrected chi connectivity index (χ0v) is 25.3. The van der Waals surface area contributed by atoms with Crippen LogP contribution in [0.3, 0.4) is 0 Å². The summed E-state index contributed by atoms with van der Waals surface area (Å²) in [7, 11) is 0. The Bertz CT molecular complexity index is 1630. The monoisotopic (exact) mass is 609 g/mol. The van der Waals surface area contributed by atoms with E-state index >= 15 is 0 Å². The van der Waals surface area contributed by atoms with Gasteiger partial charge in [0.1, 0.15) is 0 Å². The number of halogens is 1. The molecule has 4 aromatic rings. The van der Waals surface area contributed by atoms with Gasteiger partial charge in [0, 0.05) is 29.9 Å². The minimum absolute atomic E-state index is 0.152. The lowest BCUT2D eigenvalue weighted by molar-refractivity contribution is -0.151. The number of benzene rings is 4. The lowest BCUT2D eigenvalue weighted by atomic mass is 9.87. The van der Waals surface area contributed by atoms with Gasteiger partial charge in [-0.3, -0.25) is 14.4 Å². The van der Waals surface area contributed by atoms with Crippen LogP contribution in [-0.4, -0.2) is 45.5 Å². The van der Waals surface area contributed by atoms with E-state index in [1.165, 1.54) is 0 Å². The van der Waals surface area contributed by atoms with E-state index in [-0.39, 0.29) is 18.5 Å². The average Bonchev–Trinajstić information content (AvgIpc) is 3.01. The Balaban J connectivity index is 1.63. The van der Waals surface area contributed by atoms with Crippen LogP contribution < -0.4 is 0 Å². The van der Waals surface area contributed by atoms with Crippen LogP contribution in [0.4, 0.5) is 0 Å². The fourth-order valence-electron chi connectivity index (χ4n) is 5.35. The molecule has 4 rings (SSSR count). The normalized spacial score (nSPS) is 13.6. The van der Waals surface area contributed by atoms with Crippen LogP contribution in [0, 0.1) is 5.92 Å². The molecule has 0 fully saturated rings. The molecule has 3 atom stereocenters. The van der Waals surface area contributed by atoms with E-state index < -0.39 is 36.6 Å². The molecule has 0 aliphatic heterocycles. The molecule has 2 N–H and O–H groups in total. The molecule has 0 saturated heterocycles. The van der Waals surface area contributed by atoms with Crippen molar-refractivity contribution in [3.63, 3.8) is 0 Å². The van der Waals surface area contributed by atoms with Crippen LogP contribution in [0.2, 0.25) is 5.02 Å². The molecule has 0 saturated carbocycles. The van der Waals surface area contributed by atoms with Gasteiger partial charge in [-0.05, 0) is 59.0 Å². The Hall–Kier alpha value is -4.68. The van der Waals surface area contributed by atoms with Crippen LogP contribution in [0.25, 0.3) is 22.9 Å². The summed E-state index contributed by atoms with van der Waals surface area (Å²) in [5, 5.41) is 21.8. The first kappa shape index (κ1) is 32.2. The third-order valence-corrected chi connectivity index (χ3v) is 8.02. The van der Waals surface area contributed by atoms with Gasteiger partial charge in [0.2, 0.25) is 5.91 Å². The number of nitrogens with zero attached hydrogens (tertiary/aromatic N) is 1. The first-order chi connectivity index (χ1) is 21.2. The van der Waals surface area contributed by atoms with E-state index in [4.69, 9.17) is 11.6 Å². The number of carbonyl (C=O) groups is 3. The van der Waals surface area contributed by atoms with Gasteiger partial charge in [-0.2, -0.15) is 0 Å². The average molecular weight is 610 g/mol. The first-order valence-electron chi connectivity index (χ1n) is 14.6. The van der Waals surface area contributed by atoms with E-state index in [0.717, 1.165) is 27.5 Å². The van der Waals surface area contributed by atoms with Crippen LogP contribution in [0.15, 0.2) is 109 Å². The molecule has 0 aliphatic rings. The molecule has 226 valence electrons. The molecule has 0 heterocycles. The standard InChI is InChI=1S/C37H36ClNO5/c1-26(39(22-8-12-27-9-3-2-4-10-27)35(40)24-32(37(43)44)25-36(41)42)34(30-18-20-33(38)21-19-30)15-7-11-28-16-17-29-13-5-6-14-31(29)23-28/h2-14,16-21,23,26,32,34H,15,22,24-25H2,1H3,(H,41,42)(H,43,44)/b11-7+,12-8+. The summed E-state index contributed by atoms with van der Waals surface area (Å²) < 4.78 is 0. The summed E-state index contributed by atoms with van der Waals surface area (Å²) >= 11 is 6.20. The highest BCUT2D eigenvalue weighted by Gasteiger charge is 2.31. The Morgan fingerprint density at radius 1 is 0.773 bits per heavy atom. The summed E-state index contributed by atoms with van der Waals surface area (Å²) in [4.78, 5) is 38.6. The van der Waals surface area contributed by atoms with Crippen molar-refractivity contribution in [2.75, 3.05) is 6.54 Å². The first-order valence-corrected chi connectivity index (χ1v) is 15.0. The molecule has 3 unspecified atom stereocenters. The third-order valence-electron chi connectivity index (χ3n) is 7.77. The van der Waals surface area contributed by atoms with Gasteiger partial charge in [-0.25, -0.2) is 0 Å². The summed E-state index contributed by atoms with van der Waals surface area (Å²) in [6, 6.07) is 31.3. The number of fused-ring (bicyclic) bond motifs is 1. The van der Waals surface area contributed by atoms with Gasteiger partial charge in [0.15, 0.2) is 0 Å². The molecule has 44 heavy (non-hydrogen) atoms. The fourth-order valence-corrected chi connectivity index (χ4v) is 5.47. The van der Waals surface area contributed by atoms with E-state index in [0.29, 0.717) is 11.4 Å². The van der Waals surface area contributed by atoms with Gasteiger partial charge in [-0.15, -0.1) is 0 Å². The van der Waals surface area contributed by atoms with Crippen molar-refractivity contribution < 1.29 is 24.6 Å². The second kappa shape index (κ2) is 15.7. The summed E-state index contributed by atoms with van der Waals surface area (Å²) in [6.45, 7) is 2.18. The maximum atomic E-state index is 13.7. The maximum Gasteiger partial charge on any atom is 0.307 e. The summed E-state index contributed by atoms with van der Waals surface area (Å²) in [5.74, 6) is -4.45. The van der Waals surface area contributed by atoms with Crippen LogP contribution >= 0.6 is 11.6 Å². The molecular formula is C37H36ClNO5. The van der Waals surface area contributed by atoms with Crippen molar-refractivity contribution in [1.82, 2.24) is 4.90 Å². The largest absolute Gasteiger partial charge is 0.481 e. The van der Waals surface area contributed by atoms with Gasteiger partial charge in [-0.1, -0.05) is 115 Å². The highest BCUT2D eigenvalue weighted by Crippen LogP contribution is 2.30. The summed E-state index contributed by atoms with van der Waals surface area (Å²) in [6.07, 6.45) is 7.50. The number of carboxylic acids is 2. The zero-order valence-electron chi connectivity index (χ0n) is 24.6. The highest BCUT2D eigenvalue weighted by molar-refractivity contribution is 6.30. The molecule has 4 aromatic carbocycles. The molecule has 1 amide bonds. The van der Waals surface area contributed by atoms with Crippen LogP contribution in [0.5, 0.6) is 0 Å². The second-order valence-electron chi connectivity index (χ2n) is 10.8. The van der Waals surface area contributed by atoms with E-state index in [9.17, 15) is 24.6 Å². The number of allylic oxidation sites excluding steroid dienone is 1. The van der Waals surface area contributed by atoms with Gasteiger partial charge in [0.05, 0.1) is 12.3 Å².